The Balaban J connectivity index is 2.23. The zero-order valence-corrected chi connectivity index (χ0v) is 11.7. The minimum atomic E-state index is -0.429. The van der Waals surface area contributed by atoms with E-state index in [-0.39, 0.29) is 18.1 Å². The van der Waals surface area contributed by atoms with E-state index in [1.807, 2.05) is 0 Å². The zero-order valence-electron chi connectivity index (χ0n) is 10.9. The van der Waals surface area contributed by atoms with Crippen molar-refractivity contribution in [1.82, 2.24) is 0 Å². The molecule has 1 heterocycles. The number of nitrogens with two attached hydrogens (primary N) is 1. The van der Waals surface area contributed by atoms with Gasteiger partial charge in [0.15, 0.2) is 0 Å². The van der Waals surface area contributed by atoms with Crippen molar-refractivity contribution in [2.75, 3.05) is 18.5 Å². The number of anilines is 1. The lowest BCUT2D eigenvalue weighted by Crippen LogP contribution is -2.26. The third-order valence-electron chi connectivity index (χ3n) is 2.68. The van der Waals surface area contributed by atoms with Gasteiger partial charge in [-0.15, -0.1) is 11.3 Å². The third-order valence-corrected chi connectivity index (χ3v) is 3.52. The van der Waals surface area contributed by atoms with Gasteiger partial charge in [0.2, 0.25) is 0 Å². The molecule has 0 spiro atoms. The standard InChI is InChI=1S/C15H13FN2OS/c1-18(14-7-3-2-6-13(14)16)15(19)11-9-12(20-10-11)5-4-8-17/h2-3,6-7,9-10H,8,17H2,1H3. The van der Waals surface area contributed by atoms with Crippen LogP contribution >= 0.6 is 11.3 Å². The number of nitrogens with zero attached hydrogens (tertiary/aromatic N) is 1. The first-order valence-corrected chi connectivity index (χ1v) is 6.81. The highest BCUT2D eigenvalue weighted by Crippen LogP contribution is 2.21. The fourth-order valence-corrected chi connectivity index (χ4v) is 2.43. The average molecular weight is 288 g/mol. The average Bonchev–Trinajstić information content (AvgIpc) is 2.93. The zero-order chi connectivity index (χ0) is 14.5. The number of amides is 1. The number of carbonyl (C=O) groups excluding carboxylic acids is 1. The Morgan fingerprint density at radius 3 is 2.90 bits per heavy atom. The molecule has 0 atom stereocenters. The Bertz CT molecular complexity index is 684. The summed E-state index contributed by atoms with van der Waals surface area (Å²) in [5.74, 6) is 4.90. The number of carbonyl (C=O) groups is 1. The molecule has 1 aromatic carbocycles. The first-order chi connectivity index (χ1) is 9.63. The highest BCUT2D eigenvalue weighted by Gasteiger charge is 2.17. The highest BCUT2D eigenvalue weighted by atomic mass is 32.1. The van der Waals surface area contributed by atoms with E-state index in [1.54, 1.807) is 36.7 Å². The van der Waals surface area contributed by atoms with Crippen LogP contribution in [0.3, 0.4) is 0 Å². The largest absolute Gasteiger partial charge is 0.320 e. The van der Waals surface area contributed by atoms with E-state index < -0.39 is 5.82 Å². The minimum absolute atomic E-state index is 0.248. The molecule has 5 heteroatoms. The van der Waals surface area contributed by atoms with E-state index in [2.05, 4.69) is 11.8 Å². The van der Waals surface area contributed by atoms with Gasteiger partial charge in [-0.05, 0) is 18.2 Å². The van der Waals surface area contributed by atoms with Crippen LogP contribution in [0.2, 0.25) is 0 Å². The summed E-state index contributed by atoms with van der Waals surface area (Å²) in [6.45, 7) is 0.274. The van der Waals surface area contributed by atoms with E-state index in [1.165, 1.54) is 22.3 Å². The molecule has 0 fully saturated rings. The molecular formula is C15H13FN2OS. The molecule has 20 heavy (non-hydrogen) atoms. The first-order valence-electron chi connectivity index (χ1n) is 5.93. The number of benzene rings is 1. The predicted molar refractivity (Wildman–Crippen MR) is 79.4 cm³/mol. The van der Waals surface area contributed by atoms with Crippen molar-refractivity contribution in [3.05, 3.63) is 52.0 Å². The van der Waals surface area contributed by atoms with E-state index >= 15 is 0 Å². The lowest BCUT2D eigenvalue weighted by Gasteiger charge is -2.17. The van der Waals surface area contributed by atoms with Crippen LogP contribution in [0.4, 0.5) is 10.1 Å². The maximum absolute atomic E-state index is 13.7. The van der Waals surface area contributed by atoms with Crippen LogP contribution in [0.5, 0.6) is 0 Å². The lowest BCUT2D eigenvalue weighted by atomic mass is 10.2. The molecule has 0 aliphatic rings. The van der Waals surface area contributed by atoms with Crippen LogP contribution in [0.15, 0.2) is 35.7 Å². The number of rotatable bonds is 2. The molecule has 102 valence electrons. The second-order valence-electron chi connectivity index (χ2n) is 4.02. The lowest BCUT2D eigenvalue weighted by molar-refractivity contribution is 0.0992. The Morgan fingerprint density at radius 2 is 2.20 bits per heavy atom. The molecule has 1 amide bonds. The van der Waals surface area contributed by atoms with Gasteiger partial charge < -0.3 is 10.6 Å². The number of thiophene rings is 1. The van der Waals surface area contributed by atoms with Gasteiger partial charge in [-0.2, -0.15) is 0 Å². The maximum atomic E-state index is 13.7. The van der Waals surface area contributed by atoms with E-state index in [4.69, 9.17) is 5.73 Å². The van der Waals surface area contributed by atoms with Crippen LogP contribution in [0.25, 0.3) is 0 Å². The van der Waals surface area contributed by atoms with Crippen molar-refractivity contribution in [1.29, 1.82) is 0 Å². The van der Waals surface area contributed by atoms with Gasteiger partial charge in [0.25, 0.3) is 5.91 Å². The molecule has 0 aliphatic heterocycles. The van der Waals surface area contributed by atoms with Gasteiger partial charge in [0.05, 0.1) is 22.7 Å². The number of halogens is 1. The topological polar surface area (TPSA) is 46.3 Å². The van der Waals surface area contributed by atoms with E-state index in [0.29, 0.717) is 5.56 Å². The molecule has 0 saturated carbocycles. The second kappa shape index (κ2) is 6.33. The molecule has 2 aromatic rings. The maximum Gasteiger partial charge on any atom is 0.258 e. The summed E-state index contributed by atoms with van der Waals surface area (Å²) in [6.07, 6.45) is 0. The van der Waals surface area contributed by atoms with Gasteiger partial charge >= 0.3 is 0 Å². The highest BCUT2D eigenvalue weighted by molar-refractivity contribution is 7.10. The van der Waals surface area contributed by atoms with Crippen LogP contribution in [-0.2, 0) is 0 Å². The van der Waals surface area contributed by atoms with Crippen molar-refractivity contribution in [2.45, 2.75) is 0 Å². The molecular weight excluding hydrogens is 275 g/mol. The molecule has 2 rings (SSSR count). The smallest absolute Gasteiger partial charge is 0.258 e. The van der Waals surface area contributed by atoms with Gasteiger partial charge in [-0.1, -0.05) is 24.0 Å². The Hall–Kier alpha value is -2.16. The Labute approximate surface area is 120 Å². The van der Waals surface area contributed by atoms with Crippen molar-refractivity contribution in [3.8, 4) is 11.8 Å². The normalized spacial score (nSPS) is 9.75. The summed E-state index contributed by atoms with van der Waals surface area (Å²) in [5.41, 5.74) is 6.03. The summed E-state index contributed by atoms with van der Waals surface area (Å²) in [5, 5.41) is 1.71. The fourth-order valence-electron chi connectivity index (χ4n) is 1.68. The number of hydrogen-bond acceptors (Lipinski definition) is 3. The molecule has 0 unspecified atom stereocenters. The summed E-state index contributed by atoms with van der Waals surface area (Å²) < 4.78 is 13.7. The third kappa shape index (κ3) is 3.05. The van der Waals surface area contributed by atoms with Crippen LogP contribution < -0.4 is 10.6 Å². The molecule has 0 saturated heterocycles. The molecule has 0 aliphatic carbocycles. The minimum Gasteiger partial charge on any atom is -0.320 e. The van der Waals surface area contributed by atoms with Crippen LogP contribution in [0.1, 0.15) is 15.2 Å². The summed E-state index contributed by atoms with van der Waals surface area (Å²) in [6, 6.07) is 7.85. The van der Waals surface area contributed by atoms with Crippen molar-refractivity contribution < 1.29 is 9.18 Å². The molecule has 0 bridgehead atoms. The summed E-state index contributed by atoms with van der Waals surface area (Å²) in [4.78, 5) is 14.3. The van der Waals surface area contributed by atoms with Crippen molar-refractivity contribution in [3.63, 3.8) is 0 Å². The molecule has 3 nitrogen and oxygen atoms in total. The van der Waals surface area contributed by atoms with Gasteiger partial charge in [0, 0.05) is 12.4 Å². The van der Waals surface area contributed by atoms with E-state index in [9.17, 15) is 9.18 Å². The Morgan fingerprint density at radius 1 is 1.45 bits per heavy atom. The second-order valence-corrected chi connectivity index (χ2v) is 4.93. The van der Waals surface area contributed by atoms with Crippen molar-refractivity contribution >= 4 is 22.9 Å². The van der Waals surface area contributed by atoms with Crippen molar-refractivity contribution in [2.24, 2.45) is 5.73 Å². The number of para-hydroxylation sites is 1. The van der Waals surface area contributed by atoms with Gasteiger partial charge in [-0.3, -0.25) is 4.79 Å². The van der Waals surface area contributed by atoms with E-state index in [0.717, 1.165) is 4.88 Å². The molecule has 1 aromatic heterocycles. The molecule has 2 N–H and O–H groups in total. The predicted octanol–water partition coefficient (Wildman–Crippen LogP) is 2.47. The molecule has 0 radical (unpaired) electrons. The monoisotopic (exact) mass is 288 g/mol. The SMILES string of the molecule is CN(C(=O)c1csc(C#CCN)c1)c1ccccc1F. The van der Waals surface area contributed by atoms with Gasteiger partial charge in [0.1, 0.15) is 5.82 Å². The summed E-state index contributed by atoms with van der Waals surface area (Å²) >= 11 is 1.36. The van der Waals surface area contributed by atoms with Gasteiger partial charge in [-0.25, -0.2) is 4.39 Å². The first kappa shape index (κ1) is 14.3. The fraction of sp³-hybridized carbons (Fsp3) is 0.133. The Kier molecular flexibility index (Phi) is 4.51. The summed E-state index contributed by atoms with van der Waals surface area (Å²) in [7, 11) is 1.55. The van der Waals surface area contributed by atoms with Crippen LogP contribution in [-0.4, -0.2) is 19.5 Å². The quantitative estimate of drug-likeness (QED) is 0.863. The van der Waals surface area contributed by atoms with Crippen LogP contribution in [0, 0.1) is 17.7 Å². The number of hydrogen-bond donors (Lipinski definition) is 1.